The second kappa shape index (κ2) is 10.5. The summed E-state index contributed by atoms with van der Waals surface area (Å²) in [7, 11) is 1.59. The summed E-state index contributed by atoms with van der Waals surface area (Å²) in [6.07, 6.45) is 0.669. The van der Waals surface area contributed by atoms with Crippen LogP contribution in [-0.4, -0.2) is 61.6 Å². The molecular weight excluding hydrogens is 388 g/mol. The first kappa shape index (κ1) is 22.2. The van der Waals surface area contributed by atoms with Crippen LogP contribution in [0.2, 0.25) is 0 Å². The van der Waals surface area contributed by atoms with E-state index >= 15 is 0 Å². The van der Waals surface area contributed by atoms with Crippen LogP contribution in [0.15, 0.2) is 42.5 Å². The highest BCUT2D eigenvalue weighted by molar-refractivity contribution is 5.81. The third kappa shape index (κ3) is 6.00. The number of hydrogen-bond acceptors (Lipinski definition) is 4. The molecule has 0 unspecified atom stereocenters. The van der Waals surface area contributed by atoms with Gasteiger partial charge in [0.25, 0.3) is 0 Å². The van der Waals surface area contributed by atoms with Crippen molar-refractivity contribution in [2.75, 3.05) is 39.8 Å². The number of carbonyl (C=O) groups is 1. The molecule has 1 N–H and O–H groups in total. The van der Waals surface area contributed by atoms with Gasteiger partial charge in [0.15, 0.2) is 0 Å². The van der Waals surface area contributed by atoms with Gasteiger partial charge in [-0.25, -0.2) is 8.78 Å². The Labute approximate surface area is 176 Å². The average molecular weight is 418 g/mol. The Balaban J connectivity index is 1.43. The minimum Gasteiger partial charge on any atom is -0.496 e. The Bertz CT molecular complexity index is 837. The van der Waals surface area contributed by atoms with Crippen LogP contribution in [0.25, 0.3) is 0 Å². The molecule has 3 rings (SSSR count). The molecule has 162 valence electrons. The van der Waals surface area contributed by atoms with Gasteiger partial charge in [-0.1, -0.05) is 12.1 Å². The molecule has 1 saturated heterocycles. The van der Waals surface area contributed by atoms with E-state index in [-0.39, 0.29) is 23.6 Å². The summed E-state index contributed by atoms with van der Waals surface area (Å²) in [6.45, 7) is 6.19. The van der Waals surface area contributed by atoms with Gasteiger partial charge in [-0.2, -0.15) is 0 Å². The van der Waals surface area contributed by atoms with E-state index in [1.807, 2.05) is 6.92 Å². The van der Waals surface area contributed by atoms with Crippen LogP contribution in [0, 0.1) is 11.6 Å². The van der Waals surface area contributed by atoms with Gasteiger partial charge >= 0.3 is 0 Å². The van der Waals surface area contributed by atoms with Crippen LogP contribution in [0.3, 0.4) is 0 Å². The Kier molecular flexibility index (Phi) is 7.76. The van der Waals surface area contributed by atoms with Crippen molar-refractivity contribution >= 4 is 5.91 Å². The lowest BCUT2D eigenvalue weighted by Crippen LogP contribution is -2.53. The molecule has 0 aromatic heterocycles. The number of amides is 1. The van der Waals surface area contributed by atoms with Crippen molar-refractivity contribution in [1.82, 2.24) is 15.1 Å². The van der Waals surface area contributed by atoms with Gasteiger partial charge in [-0.15, -0.1) is 0 Å². The number of carbonyl (C=O) groups excluding carboxylic acids is 1. The van der Waals surface area contributed by atoms with Crippen molar-refractivity contribution in [2.24, 2.45) is 0 Å². The molecule has 1 heterocycles. The zero-order valence-corrected chi connectivity index (χ0v) is 17.5. The highest BCUT2D eigenvalue weighted by atomic mass is 19.1. The van der Waals surface area contributed by atoms with Crippen molar-refractivity contribution in [1.29, 1.82) is 0 Å². The second-order valence-corrected chi connectivity index (χ2v) is 7.61. The Morgan fingerprint density at radius 2 is 1.73 bits per heavy atom. The molecule has 1 fully saturated rings. The van der Waals surface area contributed by atoms with Crippen molar-refractivity contribution in [3.63, 3.8) is 0 Å². The minimum atomic E-state index is -0.268. The third-order valence-electron chi connectivity index (χ3n) is 5.60. The molecule has 0 spiro atoms. The summed E-state index contributed by atoms with van der Waals surface area (Å²) >= 11 is 0. The number of hydrogen-bond donors (Lipinski definition) is 1. The fourth-order valence-electron chi connectivity index (χ4n) is 3.72. The predicted molar refractivity (Wildman–Crippen MR) is 112 cm³/mol. The van der Waals surface area contributed by atoms with Gasteiger partial charge < -0.3 is 10.1 Å². The summed E-state index contributed by atoms with van der Waals surface area (Å²) in [6, 6.07) is 10.7. The predicted octanol–water partition coefficient (Wildman–Crippen LogP) is 2.84. The molecule has 0 aliphatic carbocycles. The number of nitrogens with zero attached hydrogens (tertiary/aromatic N) is 2. The molecule has 2 aromatic carbocycles. The van der Waals surface area contributed by atoms with Crippen molar-refractivity contribution in [2.45, 2.75) is 25.9 Å². The molecule has 1 amide bonds. The monoisotopic (exact) mass is 417 g/mol. The van der Waals surface area contributed by atoms with E-state index in [2.05, 4.69) is 15.1 Å². The first-order valence-corrected chi connectivity index (χ1v) is 10.3. The number of methoxy groups -OCH3 is 1. The molecular formula is C23H29F2N3O2. The SMILES string of the molecule is COc1ccc(F)cc1CN1CCN([C@@H](C)C(=O)NCCc2ccc(F)cc2)CC1. The van der Waals surface area contributed by atoms with Crippen molar-refractivity contribution in [3.8, 4) is 5.75 Å². The zero-order chi connectivity index (χ0) is 21.5. The second-order valence-electron chi connectivity index (χ2n) is 7.61. The van der Waals surface area contributed by atoms with Gasteiger partial charge in [0.2, 0.25) is 5.91 Å². The lowest BCUT2D eigenvalue weighted by Gasteiger charge is -2.37. The van der Waals surface area contributed by atoms with Crippen LogP contribution in [0.4, 0.5) is 8.78 Å². The zero-order valence-electron chi connectivity index (χ0n) is 17.5. The summed E-state index contributed by atoms with van der Waals surface area (Å²) in [4.78, 5) is 16.9. The first-order valence-electron chi connectivity index (χ1n) is 10.3. The van der Waals surface area contributed by atoms with E-state index in [0.717, 1.165) is 37.3 Å². The maximum Gasteiger partial charge on any atom is 0.237 e. The van der Waals surface area contributed by atoms with E-state index < -0.39 is 0 Å². The van der Waals surface area contributed by atoms with Crippen LogP contribution in [0.5, 0.6) is 5.75 Å². The van der Waals surface area contributed by atoms with Crippen molar-refractivity contribution in [3.05, 3.63) is 65.2 Å². The van der Waals surface area contributed by atoms with Crippen LogP contribution in [0.1, 0.15) is 18.1 Å². The van der Waals surface area contributed by atoms with Crippen LogP contribution >= 0.6 is 0 Å². The van der Waals surface area contributed by atoms with E-state index in [1.165, 1.54) is 24.3 Å². The molecule has 0 saturated carbocycles. The topological polar surface area (TPSA) is 44.8 Å². The smallest absolute Gasteiger partial charge is 0.237 e. The highest BCUT2D eigenvalue weighted by Crippen LogP contribution is 2.22. The number of rotatable bonds is 8. The molecule has 1 atom stereocenters. The molecule has 30 heavy (non-hydrogen) atoms. The first-order chi connectivity index (χ1) is 14.5. The van der Waals surface area contributed by atoms with Gasteiger partial charge in [-0.3, -0.25) is 14.6 Å². The maximum atomic E-state index is 13.6. The van der Waals surface area contributed by atoms with Gasteiger partial charge in [0, 0.05) is 44.8 Å². The fraction of sp³-hybridized carbons (Fsp3) is 0.435. The summed E-state index contributed by atoms with van der Waals surface area (Å²) < 4.78 is 31.9. The largest absolute Gasteiger partial charge is 0.496 e. The van der Waals surface area contributed by atoms with Crippen LogP contribution < -0.4 is 10.1 Å². The third-order valence-corrected chi connectivity index (χ3v) is 5.60. The van der Waals surface area contributed by atoms with E-state index in [4.69, 9.17) is 4.74 Å². The molecule has 0 radical (unpaired) electrons. The number of benzene rings is 2. The minimum absolute atomic E-state index is 0.00244. The van der Waals surface area contributed by atoms with Gasteiger partial charge in [0.05, 0.1) is 13.2 Å². The number of nitrogens with one attached hydrogen (secondary N) is 1. The van der Waals surface area contributed by atoms with E-state index in [9.17, 15) is 13.6 Å². The number of halogens is 2. The summed E-state index contributed by atoms with van der Waals surface area (Å²) in [5.41, 5.74) is 1.82. The molecule has 5 nitrogen and oxygen atoms in total. The standard InChI is InChI=1S/C23H29F2N3O2/c1-17(23(29)26-10-9-18-3-5-20(24)6-4-18)28-13-11-27(12-14-28)16-19-15-21(25)7-8-22(19)30-2/h3-8,15,17H,9-14,16H2,1-2H3,(H,26,29)/t17-/m0/s1. The fourth-order valence-corrected chi connectivity index (χ4v) is 3.72. The normalized spacial score (nSPS) is 16.3. The quantitative estimate of drug-likeness (QED) is 0.718. The Hall–Kier alpha value is -2.51. The molecule has 2 aromatic rings. The van der Waals surface area contributed by atoms with E-state index in [1.54, 1.807) is 25.3 Å². The molecule has 1 aliphatic rings. The lowest BCUT2D eigenvalue weighted by atomic mass is 10.1. The number of piperazine rings is 1. The van der Waals surface area contributed by atoms with E-state index in [0.29, 0.717) is 25.3 Å². The molecule has 7 heteroatoms. The Morgan fingerprint density at radius 3 is 2.40 bits per heavy atom. The number of ether oxygens (including phenoxy) is 1. The highest BCUT2D eigenvalue weighted by Gasteiger charge is 2.25. The average Bonchev–Trinajstić information content (AvgIpc) is 2.75. The van der Waals surface area contributed by atoms with Gasteiger partial charge in [0.1, 0.15) is 17.4 Å². The van der Waals surface area contributed by atoms with Gasteiger partial charge in [-0.05, 0) is 49.2 Å². The van der Waals surface area contributed by atoms with Crippen LogP contribution in [-0.2, 0) is 17.8 Å². The molecule has 1 aliphatic heterocycles. The van der Waals surface area contributed by atoms with Crippen molar-refractivity contribution < 1.29 is 18.3 Å². The molecule has 0 bridgehead atoms. The maximum absolute atomic E-state index is 13.6. The lowest BCUT2D eigenvalue weighted by molar-refractivity contribution is -0.126. The Morgan fingerprint density at radius 1 is 1.07 bits per heavy atom. The summed E-state index contributed by atoms with van der Waals surface area (Å²) in [5.74, 6) is 0.159. The summed E-state index contributed by atoms with van der Waals surface area (Å²) in [5, 5.41) is 2.97.